The molecule has 2 heterocycles. The van der Waals surface area contributed by atoms with Crippen molar-refractivity contribution in [1.82, 2.24) is 19.4 Å². The van der Waals surface area contributed by atoms with E-state index in [0.29, 0.717) is 32.5 Å². The molecule has 1 saturated heterocycles. The molecule has 1 aliphatic rings. The molecule has 1 aliphatic heterocycles. The Bertz CT molecular complexity index is 717. The minimum atomic E-state index is -0.783. The van der Waals surface area contributed by atoms with Crippen molar-refractivity contribution in [1.29, 1.82) is 0 Å². The Morgan fingerprint density at radius 1 is 1.27 bits per heavy atom. The molecule has 2 aromatic rings. The first-order valence-electron chi connectivity index (χ1n) is 9.08. The highest BCUT2D eigenvalue weighted by molar-refractivity contribution is 5.83. The van der Waals surface area contributed by atoms with Gasteiger partial charge in [-0.15, -0.1) is 0 Å². The molecule has 1 atom stereocenters. The van der Waals surface area contributed by atoms with E-state index in [2.05, 4.69) is 4.98 Å². The molecule has 1 aromatic carbocycles. The largest absolute Gasteiger partial charge is 0.388 e. The Balaban J connectivity index is 1.67. The number of aryl methyl sites for hydroxylation is 1. The molecule has 0 spiro atoms. The Kier molecular flexibility index (Phi) is 5.44. The molecule has 0 aliphatic carbocycles. The van der Waals surface area contributed by atoms with Crippen LogP contribution < -0.4 is 0 Å². The number of imidazole rings is 1. The number of carbonyl (C=O) groups excluding carboxylic acids is 1. The van der Waals surface area contributed by atoms with Gasteiger partial charge in [-0.1, -0.05) is 29.8 Å². The van der Waals surface area contributed by atoms with Gasteiger partial charge in [0.1, 0.15) is 6.04 Å². The Morgan fingerprint density at radius 3 is 2.46 bits per heavy atom. The van der Waals surface area contributed by atoms with E-state index in [9.17, 15) is 9.90 Å². The summed E-state index contributed by atoms with van der Waals surface area (Å²) in [5, 5.41) is 10.8. The van der Waals surface area contributed by atoms with Crippen LogP contribution in [0.15, 0.2) is 43.0 Å². The highest BCUT2D eigenvalue weighted by atomic mass is 16.3. The number of rotatable bonds is 5. The van der Waals surface area contributed by atoms with E-state index in [-0.39, 0.29) is 11.9 Å². The van der Waals surface area contributed by atoms with Crippen LogP contribution in [-0.2, 0) is 11.3 Å². The number of likely N-dealkylation sites (tertiary alicyclic amines) is 1. The van der Waals surface area contributed by atoms with Crippen molar-refractivity contribution >= 4 is 5.91 Å². The van der Waals surface area contributed by atoms with Crippen molar-refractivity contribution in [2.45, 2.75) is 38.0 Å². The van der Waals surface area contributed by atoms with Crippen LogP contribution in [0, 0.1) is 6.92 Å². The van der Waals surface area contributed by atoms with Gasteiger partial charge in [0.15, 0.2) is 0 Å². The summed E-state index contributed by atoms with van der Waals surface area (Å²) in [5.41, 5.74) is 1.40. The molecule has 0 bridgehead atoms. The maximum absolute atomic E-state index is 13.1. The third-order valence-electron chi connectivity index (χ3n) is 5.19. The summed E-state index contributed by atoms with van der Waals surface area (Å²) in [6.45, 7) is 3.70. The Hall–Kier alpha value is -2.18. The lowest BCUT2D eigenvalue weighted by atomic mass is 9.90. The Morgan fingerprint density at radius 2 is 1.92 bits per heavy atom. The van der Waals surface area contributed by atoms with Gasteiger partial charge in [-0.05, 0) is 39.4 Å². The van der Waals surface area contributed by atoms with E-state index < -0.39 is 5.60 Å². The lowest BCUT2D eigenvalue weighted by Gasteiger charge is -2.40. The fourth-order valence-electron chi connectivity index (χ4n) is 3.60. The SMILES string of the molecule is Cc1ccc([C@@H](C(=O)N2CCC(O)(Cn3ccnc3)CC2)N(C)C)cc1. The predicted molar refractivity (Wildman–Crippen MR) is 101 cm³/mol. The van der Waals surface area contributed by atoms with Crippen LogP contribution in [0.5, 0.6) is 0 Å². The van der Waals surface area contributed by atoms with Gasteiger partial charge < -0.3 is 14.6 Å². The predicted octanol–water partition coefficient (Wildman–Crippen LogP) is 1.85. The number of benzene rings is 1. The molecule has 1 fully saturated rings. The summed E-state index contributed by atoms with van der Waals surface area (Å²) in [6, 6.07) is 7.84. The number of amides is 1. The average molecular weight is 356 g/mol. The zero-order valence-electron chi connectivity index (χ0n) is 15.8. The number of hydrogen-bond donors (Lipinski definition) is 1. The highest BCUT2D eigenvalue weighted by Crippen LogP contribution is 2.28. The first-order valence-corrected chi connectivity index (χ1v) is 9.08. The molecule has 1 aromatic heterocycles. The second-order valence-corrected chi connectivity index (χ2v) is 7.56. The summed E-state index contributed by atoms with van der Waals surface area (Å²) >= 11 is 0. The van der Waals surface area contributed by atoms with Crippen molar-refractivity contribution < 1.29 is 9.90 Å². The second-order valence-electron chi connectivity index (χ2n) is 7.56. The third-order valence-corrected chi connectivity index (χ3v) is 5.19. The van der Waals surface area contributed by atoms with Crippen LogP contribution in [-0.4, -0.2) is 63.2 Å². The zero-order valence-corrected chi connectivity index (χ0v) is 15.8. The fraction of sp³-hybridized carbons (Fsp3) is 0.500. The van der Waals surface area contributed by atoms with E-state index in [4.69, 9.17) is 0 Å². The summed E-state index contributed by atoms with van der Waals surface area (Å²) in [5.74, 6) is 0.100. The highest BCUT2D eigenvalue weighted by Gasteiger charge is 2.36. The number of aromatic nitrogens is 2. The van der Waals surface area contributed by atoms with Crippen molar-refractivity contribution in [3.63, 3.8) is 0 Å². The molecule has 6 nitrogen and oxygen atoms in total. The monoisotopic (exact) mass is 356 g/mol. The lowest BCUT2D eigenvalue weighted by molar-refractivity contribution is -0.141. The minimum absolute atomic E-state index is 0.100. The van der Waals surface area contributed by atoms with Gasteiger partial charge in [-0.3, -0.25) is 9.69 Å². The van der Waals surface area contributed by atoms with E-state index in [1.807, 2.05) is 65.8 Å². The van der Waals surface area contributed by atoms with Gasteiger partial charge in [0.2, 0.25) is 5.91 Å². The maximum atomic E-state index is 13.1. The maximum Gasteiger partial charge on any atom is 0.244 e. The lowest BCUT2D eigenvalue weighted by Crippen LogP contribution is -2.51. The number of carbonyl (C=O) groups is 1. The van der Waals surface area contributed by atoms with Crippen LogP contribution in [0.3, 0.4) is 0 Å². The summed E-state index contributed by atoms with van der Waals surface area (Å²) in [6.07, 6.45) is 6.44. The van der Waals surface area contributed by atoms with Gasteiger partial charge in [-0.25, -0.2) is 4.98 Å². The van der Waals surface area contributed by atoms with E-state index >= 15 is 0 Å². The quantitative estimate of drug-likeness (QED) is 0.888. The smallest absolute Gasteiger partial charge is 0.244 e. The van der Waals surface area contributed by atoms with Crippen LogP contribution in [0.1, 0.15) is 30.0 Å². The van der Waals surface area contributed by atoms with E-state index in [1.165, 1.54) is 5.56 Å². The fourth-order valence-corrected chi connectivity index (χ4v) is 3.60. The van der Waals surface area contributed by atoms with E-state index in [1.54, 1.807) is 12.5 Å². The van der Waals surface area contributed by atoms with Crippen molar-refractivity contribution in [3.8, 4) is 0 Å². The third kappa shape index (κ3) is 4.14. The van der Waals surface area contributed by atoms with Crippen molar-refractivity contribution in [3.05, 3.63) is 54.1 Å². The van der Waals surface area contributed by atoms with Gasteiger partial charge in [-0.2, -0.15) is 0 Å². The molecule has 140 valence electrons. The zero-order chi connectivity index (χ0) is 18.7. The average Bonchev–Trinajstić information content (AvgIpc) is 3.09. The standard InChI is InChI=1S/C20H28N4O2/c1-16-4-6-17(7-5-16)18(22(2)3)19(25)24-11-8-20(26,9-12-24)14-23-13-10-21-15-23/h4-7,10,13,15,18,26H,8-9,11-12,14H2,1-3H3/t18-/m0/s1. The van der Waals surface area contributed by atoms with Crippen LogP contribution in [0.4, 0.5) is 0 Å². The second kappa shape index (κ2) is 7.60. The number of piperidine rings is 1. The number of nitrogens with zero attached hydrogens (tertiary/aromatic N) is 4. The van der Waals surface area contributed by atoms with Crippen molar-refractivity contribution in [2.75, 3.05) is 27.2 Å². The van der Waals surface area contributed by atoms with Gasteiger partial charge >= 0.3 is 0 Å². The number of aliphatic hydroxyl groups is 1. The number of likely N-dealkylation sites (N-methyl/N-ethyl adjacent to an activating group) is 1. The summed E-state index contributed by atoms with van der Waals surface area (Å²) < 4.78 is 1.90. The Labute approximate surface area is 155 Å². The normalized spacial score (nSPS) is 18.1. The van der Waals surface area contributed by atoms with Crippen LogP contribution in [0.25, 0.3) is 0 Å². The topological polar surface area (TPSA) is 61.6 Å². The molecular formula is C20H28N4O2. The van der Waals surface area contributed by atoms with Gasteiger partial charge in [0.05, 0.1) is 18.5 Å². The van der Waals surface area contributed by atoms with Crippen LogP contribution in [0.2, 0.25) is 0 Å². The van der Waals surface area contributed by atoms with Gasteiger partial charge in [0.25, 0.3) is 0 Å². The number of hydrogen-bond acceptors (Lipinski definition) is 4. The van der Waals surface area contributed by atoms with E-state index in [0.717, 1.165) is 5.56 Å². The van der Waals surface area contributed by atoms with Gasteiger partial charge in [0, 0.05) is 25.5 Å². The minimum Gasteiger partial charge on any atom is -0.388 e. The molecular weight excluding hydrogens is 328 g/mol. The molecule has 1 N–H and O–H groups in total. The first kappa shape index (κ1) is 18.6. The summed E-state index contributed by atoms with van der Waals surface area (Å²) in [7, 11) is 3.86. The van der Waals surface area contributed by atoms with Crippen molar-refractivity contribution in [2.24, 2.45) is 0 Å². The molecule has 1 amide bonds. The molecule has 0 radical (unpaired) electrons. The molecule has 0 saturated carbocycles. The molecule has 26 heavy (non-hydrogen) atoms. The summed E-state index contributed by atoms with van der Waals surface area (Å²) in [4.78, 5) is 21.0. The van der Waals surface area contributed by atoms with Crippen LogP contribution >= 0.6 is 0 Å². The molecule has 6 heteroatoms. The molecule has 3 rings (SSSR count). The first-order chi connectivity index (χ1) is 12.4. The molecule has 0 unspecified atom stereocenters.